The maximum Gasteiger partial charge on any atom is 0.116 e. The van der Waals surface area contributed by atoms with E-state index in [2.05, 4.69) is 11.6 Å². The normalized spacial score (nSPS) is 13.4. The third kappa shape index (κ3) is 4.90. The van der Waals surface area contributed by atoms with Gasteiger partial charge >= 0.3 is 0 Å². The molecule has 0 aromatic heterocycles. The van der Waals surface area contributed by atoms with Crippen molar-refractivity contribution in [2.45, 2.75) is 13.8 Å². The summed E-state index contributed by atoms with van der Waals surface area (Å²) in [5.41, 5.74) is 12.1. The van der Waals surface area contributed by atoms with Gasteiger partial charge < -0.3 is 11.5 Å². The van der Waals surface area contributed by atoms with E-state index in [1.165, 1.54) is 0 Å². The van der Waals surface area contributed by atoms with E-state index < -0.39 is 0 Å². The molecule has 0 radical (unpaired) electrons. The SMILES string of the molecule is C=C(N)N=C(C)/C=C(/C)N. The molecule has 0 spiro atoms. The van der Waals surface area contributed by atoms with E-state index in [4.69, 9.17) is 11.5 Å². The van der Waals surface area contributed by atoms with Gasteiger partial charge in [-0.2, -0.15) is 0 Å². The molecule has 56 valence electrons. The van der Waals surface area contributed by atoms with E-state index in [-0.39, 0.29) is 0 Å². The Balaban J connectivity index is 4.22. The van der Waals surface area contributed by atoms with Crippen LogP contribution in [0.2, 0.25) is 0 Å². The quantitative estimate of drug-likeness (QED) is 0.554. The fourth-order valence-corrected chi connectivity index (χ4v) is 0.588. The van der Waals surface area contributed by atoms with Gasteiger partial charge in [-0.15, -0.1) is 0 Å². The summed E-state index contributed by atoms with van der Waals surface area (Å²) >= 11 is 0. The molecule has 3 heteroatoms. The summed E-state index contributed by atoms with van der Waals surface area (Å²) in [7, 11) is 0. The van der Waals surface area contributed by atoms with Crippen LogP contribution in [0.3, 0.4) is 0 Å². The van der Waals surface area contributed by atoms with Gasteiger partial charge in [0.1, 0.15) is 5.82 Å². The standard InChI is InChI=1S/C7H13N3/c1-5(8)4-6(2)10-7(3)9/h4H,3,8-9H2,1-2H3/b5-4-,10-6?. The minimum atomic E-state index is 0.301. The minimum Gasteiger partial charge on any atom is -0.402 e. The smallest absolute Gasteiger partial charge is 0.116 e. The molecule has 0 aromatic rings. The number of rotatable bonds is 2. The Labute approximate surface area is 61.1 Å². The molecule has 0 aliphatic carbocycles. The highest BCUT2D eigenvalue weighted by molar-refractivity contribution is 5.93. The molecule has 0 aliphatic rings. The van der Waals surface area contributed by atoms with Crippen LogP contribution in [0, 0.1) is 0 Å². The molecule has 0 bridgehead atoms. The number of allylic oxidation sites excluding steroid dienone is 2. The summed E-state index contributed by atoms with van der Waals surface area (Å²) < 4.78 is 0. The zero-order valence-corrected chi connectivity index (χ0v) is 6.39. The number of hydrogen-bond acceptors (Lipinski definition) is 3. The third-order valence-corrected chi connectivity index (χ3v) is 0.757. The Morgan fingerprint density at radius 2 is 1.90 bits per heavy atom. The maximum atomic E-state index is 5.38. The van der Waals surface area contributed by atoms with Crippen LogP contribution in [0.1, 0.15) is 13.8 Å². The average molecular weight is 139 g/mol. The van der Waals surface area contributed by atoms with Crippen LogP contribution in [0.4, 0.5) is 0 Å². The van der Waals surface area contributed by atoms with Crippen molar-refractivity contribution in [2.75, 3.05) is 0 Å². The highest BCUT2D eigenvalue weighted by atomic mass is 14.9. The van der Waals surface area contributed by atoms with Gasteiger partial charge in [0.2, 0.25) is 0 Å². The summed E-state index contributed by atoms with van der Waals surface area (Å²) in [4.78, 5) is 3.86. The highest BCUT2D eigenvalue weighted by Gasteiger charge is 1.84. The summed E-state index contributed by atoms with van der Waals surface area (Å²) in [5.74, 6) is 0.301. The molecular formula is C7H13N3. The lowest BCUT2D eigenvalue weighted by atomic mass is 10.3. The van der Waals surface area contributed by atoms with Crippen LogP contribution < -0.4 is 11.5 Å². The van der Waals surface area contributed by atoms with Gasteiger partial charge in [0, 0.05) is 11.4 Å². The first-order chi connectivity index (χ1) is 4.52. The Morgan fingerprint density at radius 1 is 1.40 bits per heavy atom. The molecule has 0 unspecified atom stereocenters. The van der Waals surface area contributed by atoms with E-state index in [9.17, 15) is 0 Å². The van der Waals surface area contributed by atoms with Crippen LogP contribution in [-0.4, -0.2) is 5.71 Å². The first-order valence-electron chi connectivity index (χ1n) is 2.96. The lowest BCUT2D eigenvalue weighted by molar-refractivity contribution is 1.25. The topological polar surface area (TPSA) is 64.4 Å². The second-order valence-electron chi connectivity index (χ2n) is 2.13. The number of nitrogens with two attached hydrogens (primary N) is 2. The summed E-state index contributed by atoms with van der Waals surface area (Å²) in [6.45, 7) is 7.03. The molecule has 0 aromatic carbocycles. The largest absolute Gasteiger partial charge is 0.402 e. The molecule has 4 N–H and O–H groups in total. The molecule has 10 heavy (non-hydrogen) atoms. The molecule has 0 rings (SSSR count). The fourth-order valence-electron chi connectivity index (χ4n) is 0.588. The molecule has 0 heterocycles. The van der Waals surface area contributed by atoms with E-state index in [0.717, 1.165) is 5.71 Å². The number of aliphatic imine (C=N–C) groups is 1. The van der Waals surface area contributed by atoms with Crippen molar-refractivity contribution in [3.05, 3.63) is 24.2 Å². The predicted molar refractivity (Wildman–Crippen MR) is 44.4 cm³/mol. The Hall–Kier alpha value is -1.25. The maximum absolute atomic E-state index is 5.38. The zero-order chi connectivity index (χ0) is 8.15. The molecule has 0 aliphatic heterocycles. The highest BCUT2D eigenvalue weighted by Crippen LogP contribution is 1.88. The Bertz CT molecular complexity index is 185. The minimum absolute atomic E-state index is 0.301. The Morgan fingerprint density at radius 3 is 2.20 bits per heavy atom. The Kier molecular flexibility index (Phi) is 3.25. The summed E-state index contributed by atoms with van der Waals surface area (Å²) in [5, 5.41) is 0. The average Bonchev–Trinajstić information content (AvgIpc) is 1.58. The van der Waals surface area contributed by atoms with Crippen LogP contribution in [0.5, 0.6) is 0 Å². The van der Waals surface area contributed by atoms with Crippen LogP contribution in [0.15, 0.2) is 29.2 Å². The van der Waals surface area contributed by atoms with Gasteiger partial charge in [-0.25, -0.2) is 4.99 Å². The predicted octanol–water partition coefficient (Wildman–Crippen LogP) is 0.740. The van der Waals surface area contributed by atoms with E-state index in [0.29, 0.717) is 11.5 Å². The van der Waals surface area contributed by atoms with E-state index in [1.807, 2.05) is 6.92 Å². The number of nitrogens with zero attached hydrogens (tertiary/aromatic N) is 1. The number of hydrogen-bond donors (Lipinski definition) is 2. The van der Waals surface area contributed by atoms with Gasteiger partial charge in [-0.05, 0) is 19.9 Å². The summed E-state index contributed by atoms with van der Waals surface area (Å²) in [6, 6.07) is 0. The fraction of sp³-hybridized carbons (Fsp3) is 0.286. The lowest BCUT2D eigenvalue weighted by Gasteiger charge is -1.92. The van der Waals surface area contributed by atoms with Gasteiger partial charge in [0.15, 0.2) is 0 Å². The van der Waals surface area contributed by atoms with Crippen molar-refractivity contribution in [1.82, 2.24) is 0 Å². The van der Waals surface area contributed by atoms with Gasteiger partial charge in [0.25, 0.3) is 0 Å². The molecule has 0 atom stereocenters. The van der Waals surface area contributed by atoms with Crippen LogP contribution in [-0.2, 0) is 0 Å². The van der Waals surface area contributed by atoms with Gasteiger partial charge in [0.05, 0.1) is 0 Å². The second-order valence-corrected chi connectivity index (χ2v) is 2.13. The van der Waals surface area contributed by atoms with Crippen LogP contribution >= 0.6 is 0 Å². The molecule has 3 nitrogen and oxygen atoms in total. The van der Waals surface area contributed by atoms with Crippen molar-refractivity contribution >= 4 is 5.71 Å². The monoisotopic (exact) mass is 139 g/mol. The molecule has 0 amide bonds. The molecule has 0 saturated heterocycles. The van der Waals surface area contributed by atoms with E-state index in [1.54, 1.807) is 13.0 Å². The van der Waals surface area contributed by atoms with Crippen molar-refractivity contribution in [3.8, 4) is 0 Å². The first-order valence-corrected chi connectivity index (χ1v) is 2.96. The van der Waals surface area contributed by atoms with Crippen molar-refractivity contribution < 1.29 is 0 Å². The lowest BCUT2D eigenvalue weighted by Crippen LogP contribution is -1.98. The van der Waals surface area contributed by atoms with Gasteiger partial charge in [-0.1, -0.05) is 6.58 Å². The van der Waals surface area contributed by atoms with Gasteiger partial charge in [-0.3, -0.25) is 0 Å². The third-order valence-electron chi connectivity index (χ3n) is 0.757. The first kappa shape index (κ1) is 8.75. The molecular weight excluding hydrogens is 126 g/mol. The van der Waals surface area contributed by atoms with Crippen molar-refractivity contribution in [1.29, 1.82) is 0 Å². The van der Waals surface area contributed by atoms with E-state index >= 15 is 0 Å². The summed E-state index contributed by atoms with van der Waals surface area (Å²) in [6.07, 6.45) is 1.73. The van der Waals surface area contributed by atoms with Crippen molar-refractivity contribution in [3.63, 3.8) is 0 Å². The zero-order valence-electron chi connectivity index (χ0n) is 6.39. The second kappa shape index (κ2) is 3.71. The van der Waals surface area contributed by atoms with Crippen molar-refractivity contribution in [2.24, 2.45) is 16.5 Å². The van der Waals surface area contributed by atoms with Crippen LogP contribution in [0.25, 0.3) is 0 Å². The molecule has 0 saturated carbocycles. The molecule has 0 fully saturated rings.